The summed E-state index contributed by atoms with van der Waals surface area (Å²) < 4.78 is 0. The van der Waals surface area contributed by atoms with Gasteiger partial charge in [-0.3, -0.25) is 4.79 Å². The maximum absolute atomic E-state index is 10.9. The fraction of sp³-hybridized carbons (Fsp3) is 0.348. The molecule has 0 unspecified atom stereocenters. The summed E-state index contributed by atoms with van der Waals surface area (Å²) in [5.74, 6) is 0.840. The average Bonchev–Trinajstić information content (AvgIpc) is 2.61. The van der Waals surface area contributed by atoms with E-state index in [1.54, 1.807) is 0 Å². The second kappa shape index (κ2) is 8.22. The summed E-state index contributed by atoms with van der Waals surface area (Å²) in [7, 11) is 0. The fourth-order valence-electron chi connectivity index (χ4n) is 3.28. The summed E-state index contributed by atoms with van der Waals surface area (Å²) in [4.78, 5) is 10.9. The number of hydrogen-bond donors (Lipinski definition) is 2. The summed E-state index contributed by atoms with van der Waals surface area (Å²) in [6, 6.07) is 8.58. The Morgan fingerprint density at radius 3 is 2.23 bits per heavy atom. The van der Waals surface area contributed by atoms with Crippen molar-refractivity contribution in [3.8, 4) is 5.75 Å². The Morgan fingerprint density at radius 2 is 1.69 bits per heavy atom. The van der Waals surface area contributed by atoms with Crippen LogP contribution >= 0.6 is 0 Å². The maximum Gasteiger partial charge on any atom is 0.211 e. The summed E-state index contributed by atoms with van der Waals surface area (Å²) in [6.07, 6.45) is 3.47. The second-order valence-electron chi connectivity index (χ2n) is 7.33. The molecule has 0 radical (unpaired) electrons. The van der Waals surface area contributed by atoms with Crippen LogP contribution in [0.5, 0.6) is 5.75 Å². The largest absolute Gasteiger partial charge is 0.507 e. The van der Waals surface area contributed by atoms with Gasteiger partial charge in [0.05, 0.1) is 0 Å². The Labute approximate surface area is 156 Å². The third-order valence-electron chi connectivity index (χ3n) is 5.08. The highest BCUT2D eigenvalue weighted by Gasteiger charge is 2.16. The predicted octanol–water partition coefficient (Wildman–Crippen LogP) is 5.66. The SMILES string of the molecule is CC(=Cc1ccc(C(C)C)cc1)Cc1c(C)c(NC=O)c(C)c(C)c1O. The average molecular weight is 351 g/mol. The molecule has 2 aromatic carbocycles. The van der Waals surface area contributed by atoms with Crippen LogP contribution < -0.4 is 5.32 Å². The molecule has 0 saturated heterocycles. The Balaban J connectivity index is 2.36. The Bertz CT molecular complexity index is 831. The summed E-state index contributed by atoms with van der Waals surface area (Å²) in [5.41, 5.74) is 7.92. The van der Waals surface area contributed by atoms with Crippen molar-refractivity contribution in [2.24, 2.45) is 0 Å². The van der Waals surface area contributed by atoms with Crippen LogP contribution in [0, 0.1) is 20.8 Å². The number of aromatic hydroxyl groups is 1. The molecule has 3 heteroatoms. The number of nitrogens with one attached hydrogen (secondary N) is 1. The molecule has 138 valence electrons. The van der Waals surface area contributed by atoms with Crippen LogP contribution in [0.1, 0.15) is 60.1 Å². The van der Waals surface area contributed by atoms with Crippen molar-refractivity contribution in [1.29, 1.82) is 0 Å². The van der Waals surface area contributed by atoms with Crippen molar-refractivity contribution in [1.82, 2.24) is 0 Å². The van der Waals surface area contributed by atoms with Crippen LogP contribution in [0.4, 0.5) is 5.69 Å². The lowest BCUT2D eigenvalue weighted by atomic mass is 9.92. The molecule has 0 heterocycles. The van der Waals surface area contributed by atoms with Crippen molar-refractivity contribution in [2.75, 3.05) is 5.32 Å². The zero-order valence-corrected chi connectivity index (χ0v) is 16.6. The van der Waals surface area contributed by atoms with Gasteiger partial charge in [0.15, 0.2) is 0 Å². The van der Waals surface area contributed by atoms with Crippen molar-refractivity contribution >= 4 is 18.2 Å². The first kappa shape index (κ1) is 19.8. The topological polar surface area (TPSA) is 49.3 Å². The van der Waals surface area contributed by atoms with E-state index in [4.69, 9.17) is 0 Å². The van der Waals surface area contributed by atoms with E-state index in [0.717, 1.165) is 39.1 Å². The standard InChI is InChI=1S/C23H29NO2/c1-14(2)20-9-7-19(8-10-20)11-15(3)12-21-18(6)22(24-13-25)16(4)17(5)23(21)26/h7-11,13-14,26H,12H2,1-6H3,(H,24,25). The maximum atomic E-state index is 10.9. The number of rotatable bonds is 6. The van der Waals surface area contributed by atoms with Crippen LogP contribution in [0.2, 0.25) is 0 Å². The molecule has 0 aliphatic carbocycles. The van der Waals surface area contributed by atoms with Gasteiger partial charge in [-0.05, 0) is 67.9 Å². The van der Waals surface area contributed by atoms with Gasteiger partial charge in [-0.25, -0.2) is 0 Å². The van der Waals surface area contributed by atoms with Gasteiger partial charge >= 0.3 is 0 Å². The second-order valence-corrected chi connectivity index (χ2v) is 7.33. The predicted molar refractivity (Wildman–Crippen MR) is 110 cm³/mol. The van der Waals surface area contributed by atoms with Gasteiger partial charge in [0.25, 0.3) is 0 Å². The van der Waals surface area contributed by atoms with Gasteiger partial charge in [0.2, 0.25) is 6.41 Å². The lowest BCUT2D eigenvalue weighted by molar-refractivity contribution is -0.105. The van der Waals surface area contributed by atoms with E-state index in [2.05, 4.69) is 56.4 Å². The number of carbonyl (C=O) groups excluding carboxylic acids is 1. The van der Waals surface area contributed by atoms with E-state index in [0.29, 0.717) is 24.5 Å². The third-order valence-corrected chi connectivity index (χ3v) is 5.08. The van der Waals surface area contributed by atoms with Crippen LogP contribution in [0.25, 0.3) is 6.08 Å². The molecule has 0 fully saturated rings. The number of phenols is 1. The molecule has 2 rings (SSSR count). The minimum Gasteiger partial charge on any atom is -0.507 e. The smallest absolute Gasteiger partial charge is 0.211 e. The lowest BCUT2D eigenvalue weighted by Gasteiger charge is -2.19. The van der Waals surface area contributed by atoms with Gasteiger partial charge in [0, 0.05) is 11.3 Å². The monoisotopic (exact) mass is 351 g/mol. The molecule has 0 aromatic heterocycles. The number of allylic oxidation sites excluding steroid dienone is 1. The highest BCUT2D eigenvalue weighted by Crippen LogP contribution is 2.36. The van der Waals surface area contributed by atoms with E-state index in [1.807, 2.05) is 20.8 Å². The number of hydrogen-bond acceptors (Lipinski definition) is 2. The first-order chi connectivity index (χ1) is 12.3. The molecule has 0 saturated carbocycles. The van der Waals surface area contributed by atoms with E-state index in [1.165, 1.54) is 5.56 Å². The molecule has 3 nitrogen and oxygen atoms in total. The molecule has 2 N–H and O–H groups in total. The number of phenolic OH excluding ortho intramolecular Hbond substituents is 1. The van der Waals surface area contributed by atoms with Crippen molar-refractivity contribution in [3.63, 3.8) is 0 Å². The first-order valence-corrected chi connectivity index (χ1v) is 9.05. The highest BCUT2D eigenvalue weighted by atomic mass is 16.3. The van der Waals surface area contributed by atoms with E-state index < -0.39 is 0 Å². The van der Waals surface area contributed by atoms with Gasteiger partial charge in [-0.2, -0.15) is 0 Å². The number of carbonyl (C=O) groups is 1. The molecule has 0 spiro atoms. The normalized spacial score (nSPS) is 11.7. The van der Waals surface area contributed by atoms with Crippen LogP contribution in [0.15, 0.2) is 29.8 Å². The van der Waals surface area contributed by atoms with E-state index in [-0.39, 0.29) is 0 Å². The molecule has 0 atom stereocenters. The molecule has 26 heavy (non-hydrogen) atoms. The summed E-state index contributed by atoms with van der Waals surface area (Å²) in [6.45, 7) is 12.2. The molecule has 1 amide bonds. The Kier molecular flexibility index (Phi) is 6.25. The van der Waals surface area contributed by atoms with Gasteiger partial charge in [0.1, 0.15) is 5.75 Å². The first-order valence-electron chi connectivity index (χ1n) is 9.05. The fourth-order valence-corrected chi connectivity index (χ4v) is 3.28. The molecule has 2 aromatic rings. The third kappa shape index (κ3) is 4.16. The van der Waals surface area contributed by atoms with Gasteiger partial charge < -0.3 is 10.4 Å². The van der Waals surface area contributed by atoms with Crippen molar-refractivity contribution < 1.29 is 9.90 Å². The number of benzene rings is 2. The van der Waals surface area contributed by atoms with E-state index >= 15 is 0 Å². The number of amides is 1. The molecular formula is C23H29NO2. The minimum atomic E-state index is 0.319. The summed E-state index contributed by atoms with van der Waals surface area (Å²) >= 11 is 0. The van der Waals surface area contributed by atoms with Crippen molar-refractivity contribution in [3.05, 3.63) is 63.2 Å². The van der Waals surface area contributed by atoms with Crippen LogP contribution in [-0.4, -0.2) is 11.5 Å². The Morgan fingerprint density at radius 1 is 1.08 bits per heavy atom. The summed E-state index contributed by atoms with van der Waals surface area (Å²) in [5, 5.41) is 13.4. The van der Waals surface area contributed by atoms with Gasteiger partial charge in [-0.1, -0.05) is 49.8 Å². The zero-order valence-electron chi connectivity index (χ0n) is 16.6. The number of anilines is 1. The minimum absolute atomic E-state index is 0.319. The van der Waals surface area contributed by atoms with E-state index in [9.17, 15) is 9.90 Å². The lowest BCUT2D eigenvalue weighted by Crippen LogP contribution is -2.05. The highest BCUT2D eigenvalue weighted by molar-refractivity contribution is 5.79. The van der Waals surface area contributed by atoms with Crippen LogP contribution in [0.3, 0.4) is 0 Å². The Hall–Kier alpha value is -2.55. The van der Waals surface area contributed by atoms with Crippen molar-refractivity contribution in [2.45, 2.75) is 53.9 Å². The molecule has 0 bridgehead atoms. The molecule has 0 aliphatic rings. The van der Waals surface area contributed by atoms with Gasteiger partial charge in [-0.15, -0.1) is 0 Å². The van der Waals surface area contributed by atoms with Crippen LogP contribution in [-0.2, 0) is 11.2 Å². The zero-order chi connectivity index (χ0) is 19.4. The quantitative estimate of drug-likeness (QED) is 0.521. The molecule has 0 aliphatic heterocycles. The molecular weight excluding hydrogens is 322 g/mol.